The summed E-state index contributed by atoms with van der Waals surface area (Å²) in [6.07, 6.45) is 1.70. The van der Waals surface area contributed by atoms with Gasteiger partial charge in [0.15, 0.2) is 5.78 Å². The first-order chi connectivity index (χ1) is 14.0. The van der Waals surface area contributed by atoms with Crippen LogP contribution in [0.5, 0.6) is 0 Å². The van der Waals surface area contributed by atoms with Gasteiger partial charge >= 0.3 is 0 Å². The standard InChI is InChI=1S/C22H19N5O2/c1-26-12-13(23)11-18(26)22(29)24-9-10-27-17-8-4-7-16-19(17)20(25-27)14-5-2-3-6-15(14)21(16)28/h2-8,11-12H,9-10,23H2,1H3,(H,24,29). The molecule has 2 heterocycles. The SMILES string of the molecule is Cn1cc(N)cc1C(=O)NCCn1nc2c3c(cccc31)C(=O)c1ccccc1-2. The Morgan fingerprint density at radius 1 is 1.10 bits per heavy atom. The third-order valence-corrected chi connectivity index (χ3v) is 5.32. The number of benzene rings is 2. The first-order valence-electron chi connectivity index (χ1n) is 9.38. The highest BCUT2D eigenvalue weighted by Gasteiger charge is 2.28. The number of amides is 1. The van der Waals surface area contributed by atoms with Gasteiger partial charge in [-0.25, -0.2) is 0 Å². The van der Waals surface area contributed by atoms with Crippen molar-refractivity contribution >= 4 is 28.3 Å². The molecule has 0 unspecified atom stereocenters. The molecule has 29 heavy (non-hydrogen) atoms. The van der Waals surface area contributed by atoms with Crippen molar-refractivity contribution in [3.05, 3.63) is 71.5 Å². The smallest absolute Gasteiger partial charge is 0.268 e. The molecule has 5 rings (SSSR count). The van der Waals surface area contributed by atoms with Crippen molar-refractivity contribution in [2.75, 3.05) is 12.3 Å². The summed E-state index contributed by atoms with van der Waals surface area (Å²) in [5.41, 5.74) is 10.7. The second-order valence-electron chi connectivity index (χ2n) is 7.17. The number of nitrogens with zero attached hydrogens (tertiary/aromatic N) is 3. The van der Waals surface area contributed by atoms with Gasteiger partial charge in [-0.3, -0.25) is 14.3 Å². The summed E-state index contributed by atoms with van der Waals surface area (Å²) in [7, 11) is 1.78. The lowest BCUT2D eigenvalue weighted by molar-refractivity contribution is 0.0943. The molecule has 1 amide bonds. The lowest BCUT2D eigenvalue weighted by Gasteiger charge is -2.13. The topological polar surface area (TPSA) is 94.9 Å². The average Bonchev–Trinajstić information content (AvgIpc) is 3.26. The van der Waals surface area contributed by atoms with Gasteiger partial charge in [0.2, 0.25) is 0 Å². The Balaban J connectivity index is 1.46. The number of carbonyl (C=O) groups is 2. The van der Waals surface area contributed by atoms with E-state index in [4.69, 9.17) is 10.8 Å². The molecule has 1 aliphatic carbocycles. The number of hydrogen-bond acceptors (Lipinski definition) is 4. The number of aryl methyl sites for hydroxylation is 1. The lowest BCUT2D eigenvalue weighted by atomic mass is 9.87. The Bertz CT molecular complexity index is 1300. The number of nitrogens with one attached hydrogen (secondary N) is 1. The van der Waals surface area contributed by atoms with Gasteiger partial charge in [-0.2, -0.15) is 5.10 Å². The largest absolute Gasteiger partial charge is 0.397 e. The molecule has 2 aromatic heterocycles. The number of rotatable bonds is 4. The highest BCUT2D eigenvalue weighted by molar-refractivity contribution is 6.25. The van der Waals surface area contributed by atoms with Crippen molar-refractivity contribution in [3.8, 4) is 11.3 Å². The number of hydrogen-bond donors (Lipinski definition) is 2. The number of ketones is 1. The van der Waals surface area contributed by atoms with E-state index in [9.17, 15) is 9.59 Å². The number of nitrogen functional groups attached to an aromatic ring is 1. The molecular formula is C22H19N5O2. The predicted molar refractivity (Wildman–Crippen MR) is 111 cm³/mol. The Morgan fingerprint density at radius 3 is 2.62 bits per heavy atom. The van der Waals surface area contributed by atoms with Gasteiger partial charge in [0.1, 0.15) is 11.4 Å². The summed E-state index contributed by atoms with van der Waals surface area (Å²) in [4.78, 5) is 25.3. The van der Waals surface area contributed by atoms with Crippen LogP contribution in [0.1, 0.15) is 26.4 Å². The lowest BCUT2D eigenvalue weighted by Crippen LogP contribution is -2.28. The van der Waals surface area contributed by atoms with Gasteiger partial charge in [0, 0.05) is 41.9 Å². The van der Waals surface area contributed by atoms with E-state index >= 15 is 0 Å². The van der Waals surface area contributed by atoms with Crippen molar-refractivity contribution in [3.63, 3.8) is 0 Å². The Morgan fingerprint density at radius 2 is 1.86 bits per heavy atom. The zero-order chi connectivity index (χ0) is 20.1. The fraction of sp³-hybridized carbons (Fsp3) is 0.136. The van der Waals surface area contributed by atoms with E-state index in [2.05, 4.69) is 5.32 Å². The molecule has 0 atom stereocenters. The van der Waals surface area contributed by atoms with Crippen LogP contribution in [-0.4, -0.2) is 32.6 Å². The molecule has 7 nitrogen and oxygen atoms in total. The zero-order valence-corrected chi connectivity index (χ0v) is 15.8. The summed E-state index contributed by atoms with van der Waals surface area (Å²) in [6.45, 7) is 0.891. The number of nitrogens with two attached hydrogens (primary N) is 1. The van der Waals surface area contributed by atoms with Crippen molar-refractivity contribution in [2.24, 2.45) is 7.05 Å². The molecule has 1 aliphatic rings. The molecule has 0 bridgehead atoms. The zero-order valence-electron chi connectivity index (χ0n) is 15.8. The maximum absolute atomic E-state index is 12.9. The van der Waals surface area contributed by atoms with Crippen molar-refractivity contribution in [1.29, 1.82) is 0 Å². The van der Waals surface area contributed by atoms with E-state index in [1.807, 2.05) is 47.1 Å². The highest BCUT2D eigenvalue weighted by Crippen LogP contribution is 2.38. The minimum Gasteiger partial charge on any atom is -0.397 e. The molecule has 0 saturated carbocycles. The predicted octanol–water partition coefficient (Wildman–Crippen LogP) is 2.60. The fourth-order valence-electron chi connectivity index (χ4n) is 3.99. The Hall–Kier alpha value is -3.87. The summed E-state index contributed by atoms with van der Waals surface area (Å²) in [5, 5.41) is 8.56. The van der Waals surface area contributed by atoms with E-state index < -0.39 is 0 Å². The van der Waals surface area contributed by atoms with Gasteiger partial charge in [0.05, 0.1) is 17.7 Å². The maximum Gasteiger partial charge on any atom is 0.268 e. The summed E-state index contributed by atoms with van der Waals surface area (Å²) >= 11 is 0. The molecule has 4 aromatic rings. The Labute approximate surface area is 166 Å². The molecule has 0 saturated heterocycles. The van der Waals surface area contributed by atoms with Gasteiger partial charge < -0.3 is 15.6 Å². The van der Waals surface area contributed by atoms with E-state index in [0.29, 0.717) is 35.6 Å². The highest BCUT2D eigenvalue weighted by atomic mass is 16.2. The van der Waals surface area contributed by atoms with Crippen LogP contribution in [0.2, 0.25) is 0 Å². The Kier molecular flexibility index (Phi) is 3.77. The third kappa shape index (κ3) is 2.62. The van der Waals surface area contributed by atoms with Crippen molar-refractivity contribution < 1.29 is 9.59 Å². The van der Waals surface area contributed by atoms with Crippen LogP contribution in [0, 0.1) is 0 Å². The molecule has 0 radical (unpaired) electrons. The third-order valence-electron chi connectivity index (χ3n) is 5.32. The normalized spacial score (nSPS) is 12.2. The minimum absolute atomic E-state index is 0.0212. The molecule has 0 spiro atoms. The summed E-state index contributed by atoms with van der Waals surface area (Å²) in [6, 6.07) is 14.9. The molecule has 2 aromatic carbocycles. The van der Waals surface area contributed by atoms with Gasteiger partial charge in [-0.1, -0.05) is 36.4 Å². The van der Waals surface area contributed by atoms with Crippen LogP contribution in [0.3, 0.4) is 0 Å². The summed E-state index contributed by atoms with van der Waals surface area (Å²) in [5.74, 6) is -0.167. The van der Waals surface area contributed by atoms with Crippen molar-refractivity contribution in [1.82, 2.24) is 19.7 Å². The van der Waals surface area contributed by atoms with Crippen LogP contribution >= 0.6 is 0 Å². The van der Waals surface area contributed by atoms with E-state index in [-0.39, 0.29) is 11.7 Å². The van der Waals surface area contributed by atoms with Crippen LogP contribution < -0.4 is 11.1 Å². The van der Waals surface area contributed by atoms with E-state index in [1.165, 1.54) is 0 Å². The van der Waals surface area contributed by atoms with Crippen LogP contribution in [-0.2, 0) is 13.6 Å². The number of anilines is 1. The van der Waals surface area contributed by atoms with Crippen LogP contribution in [0.4, 0.5) is 5.69 Å². The minimum atomic E-state index is -0.189. The second kappa shape index (κ2) is 6.34. The molecule has 0 aliphatic heterocycles. The molecule has 7 heteroatoms. The van der Waals surface area contributed by atoms with Gasteiger partial charge in [0.25, 0.3) is 5.91 Å². The number of fused-ring (bicyclic) bond motifs is 2. The van der Waals surface area contributed by atoms with Crippen LogP contribution in [0.25, 0.3) is 22.2 Å². The average molecular weight is 385 g/mol. The van der Waals surface area contributed by atoms with Gasteiger partial charge in [-0.05, 0) is 12.1 Å². The van der Waals surface area contributed by atoms with Crippen molar-refractivity contribution in [2.45, 2.75) is 6.54 Å². The van der Waals surface area contributed by atoms with Crippen LogP contribution in [0.15, 0.2) is 54.7 Å². The summed E-state index contributed by atoms with van der Waals surface area (Å²) < 4.78 is 3.55. The first kappa shape index (κ1) is 17.2. The quantitative estimate of drug-likeness (QED) is 0.497. The van der Waals surface area contributed by atoms with E-state index in [1.54, 1.807) is 23.9 Å². The maximum atomic E-state index is 12.9. The number of carbonyl (C=O) groups excluding carboxylic acids is 2. The molecule has 0 fully saturated rings. The monoisotopic (exact) mass is 385 g/mol. The second-order valence-corrected chi connectivity index (χ2v) is 7.17. The molecule has 144 valence electrons. The van der Waals surface area contributed by atoms with E-state index in [0.717, 1.165) is 22.2 Å². The van der Waals surface area contributed by atoms with Gasteiger partial charge in [-0.15, -0.1) is 0 Å². The fourth-order valence-corrected chi connectivity index (χ4v) is 3.99. The first-order valence-corrected chi connectivity index (χ1v) is 9.38. The molecular weight excluding hydrogens is 366 g/mol. The number of aromatic nitrogens is 3. The molecule has 3 N–H and O–H groups in total.